The van der Waals surface area contributed by atoms with E-state index in [4.69, 9.17) is 4.74 Å². The minimum atomic E-state index is -0.658. The standard InChI is InChI=1S/C17H26O4/c1-15-8-4-9-16(2,14(19)20)11(15)7-10-17(3)12(15)5-6-13(18)21-17/h11-12H,4-10H2,1-3H3,(H,19,20). The molecule has 1 aliphatic heterocycles. The lowest BCUT2D eigenvalue weighted by Gasteiger charge is -2.62. The molecule has 0 aromatic carbocycles. The molecule has 2 aliphatic carbocycles. The molecule has 1 N–H and O–H groups in total. The van der Waals surface area contributed by atoms with Crippen molar-refractivity contribution in [2.24, 2.45) is 22.7 Å². The van der Waals surface area contributed by atoms with Crippen molar-refractivity contribution in [3.8, 4) is 0 Å². The van der Waals surface area contributed by atoms with Crippen molar-refractivity contribution in [2.45, 2.75) is 71.3 Å². The van der Waals surface area contributed by atoms with Crippen LogP contribution in [0.3, 0.4) is 0 Å². The second-order valence-corrected chi connectivity index (χ2v) is 8.05. The summed E-state index contributed by atoms with van der Waals surface area (Å²) in [5, 5.41) is 9.77. The zero-order chi connectivity index (χ0) is 15.5. The first kappa shape index (κ1) is 14.9. The number of hydrogen-bond acceptors (Lipinski definition) is 3. The summed E-state index contributed by atoms with van der Waals surface area (Å²) in [6, 6.07) is 0. The van der Waals surface area contributed by atoms with Gasteiger partial charge in [-0.3, -0.25) is 9.59 Å². The number of fused-ring (bicyclic) bond motifs is 3. The lowest BCUT2D eigenvalue weighted by molar-refractivity contribution is -0.220. The molecule has 5 unspecified atom stereocenters. The summed E-state index contributed by atoms with van der Waals surface area (Å²) in [6.45, 7) is 6.23. The topological polar surface area (TPSA) is 63.6 Å². The molecule has 1 heterocycles. The van der Waals surface area contributed by atoms with E-state index >= 15 is 0 Å². The lowest BCUT2D eigenvalue weighted by Crippen LogP contribution is -2.62. The van der Waals surface area contributed by atoms with Crippen LogP contribution in [0.1, 0.15) is 65.7 Å². The highest BCUT2D eigenvalue weighted by molar-refractivity contribution is 5.75. The van der Waals surface area contributed by atoms with E-state index in [0.717, 1.165) is 38.5 Å². The summed E-state index contributed by atoms with van der Waals surface area (Å²) >= 11 is 0. The van der Waals surface area contributed by atoms with Crippen molar-refractivity contribution < 1.29 is 19.4 Å². The maximum Gasteiger partial charge on any atom is 0.309 e. The van der Waals surface area contributed by atoms with Gasteiger partial charge in [-0.2, -0.15) is 0 Å². The summed E-state index contributed by atoms with van der Waals surface area (Å²) in [7, 11) is 0. The number of aliphatic carboxylic acids is 1. The predicted octanol–water partition coefficient (Wildman–Crippen LogP) is 3.39. The molecule has 1 saturated heterocycles. The first-order chi connectivity index (χ1) is 9.72. The number of esters is 1. The van der Waals surface area contributed by atoms with Crippen molar-refractivity contribution in [2.75, 3.05) is 0 Å². The SMILES string of the molecule is CC12CCC3C(C)(C(=O)O)CCCC3(C)C1CCC(=O)O2. The Kier molecular flexibility index (Phi) is 3.16. The molecule has 3 rings (SSSR count). The summed E-state index contributed by atoms with van der Waals surface area (Å²) < 4.78 is 5.73. The van der Waals surface area contributed by atoms with Gasteiger partial charge in [0.05, 0.1) is 5.41 Å². The van der Waals surface area contributed by atoms with Crippen molar-refractivity contribution in [3.63, 3.8) is 0 Å². The zero-order valence-corrected chi connectivity index (χ0v) is 13.3. The van der Waals surface area contributed by atoms with E-state index in [1.807, 2.05) is 6.92 Å². The number of hydrogen-bond donors (Lipinski definition) is 1. The minimum absolute atomic E-state index is 0.0287. The Bertz CT molecular complexity index is 487. The van der Waals surface area contributed by atoms with Crippen LogP contribution in [-0.2, 0) is 14.3 Å². The van der Waals surface area contributed by atoms with Crippen LogP contribution in [0, 0.1) is 22.7 Å². The van der Waals surface area contributed by atoms with Gasteiger partial charge in [0.25, 0.3) is 0 Å². The third kappa shape index (κ3) is 1.94. The molecule has 0 radical (unpaired) electrons. The second kappa shape index (κ2) is 4.47. The van der Waals surface area contributed by atoms with Gasteiger partial charge in [-0.1, -0.05) is 13.3 Å². The highest BCUT2D eigenvalue weighted by Gasteiger charge is 2.63. The summed E-state index contributed by atoms with van der Waals surface area (Å²) in [5.74, 6) is -0.269. The van der Waals surface area contributed by atoms with Gasteiger partial charge in [0.2, 0.25) is 0 Å². The molecule has 21 heavy (non-hydrogen) atoms. The quantitative estimate of drug-likeness (QED) is 0.753. The molecule has 3 aliphatic rings. The summed E-state index contributed by atoms with van der Waals surface area (Å²) in [6.07, 6.45) is 5.75. The molecule has 4 nitrogen and oxygen atoms in total. The van der Waals surface area contributed by atoms with Crippen molar-refractivity contribution in [1.82, 2.24) is 0 Å². The molecule has 5 atom stereocenters. The van der Waals surface area contributed by atoms with Crippen LogP contribution in [-0.4, -0.2) is 22.6 Å². The zero-order valence-electron chi connectivity index (χ0n) is 13.3. The van der Waals surface area contributed by atoms with Crippen LogP contribution in [0.4, 0.5) is 0 Å². The highest BCUT2D eigenvalue weighted by Crippen LogP contribution is 2.64. The third-order valence-electron chi connectivity index (χ3n) is 6.91. The molecule has 2 saturated carbocycles. The molecular formula is C17H26O4. The second-order valence-electron chi connectivity index (χ2n) is 8.05. The number of carbonyl (C=O) groups excluding carboxylic acids is 1. The third-order valence-corrected chi connectivity index (χ3v) is 6.91. The molecule has 0 aromatic heterocycles. The van der Waals surface area contributed by atoms with E-state index in [1.165, 1.54) is 0 Å². The van der Waals surface area contributed by atoms with E-state index in [1.54, 1.807) is 0 Å². The molecule has 4 heteroatoms. The molecule has 0 aromatic rings. The number of rotatable bonds is 1. The van der Waals surface area contributed by atoms with Crippen LogP contribution < -0.4 is 0 Å². The van der Waals surface area contributed by atoms with Gasteiger partial charge in [0.15, 0.2) is 0 Å². The Morgan fingerprint density at radius 2 is 1.86 bits per heavy atom. The van der Waals surface area contributed by atoms with Gasteiger partial charge >= 0.3 is 11.9 Å². The molecular weight excluding hydrogens is 268 g/mol. The molecule has 0 amide bonds. The normalized spacial score (nSPS) is 49.8. The average molecular weight is 294 g/mol. The fraction of sp³-hybridized carbons (Fsp3) is 0.882. The Labute approximate surface area is 126 Å². The highest BCUT2D eigenvalue weighted by atomic mass is 16.6. The summed E-state index contributed by atoms with van der Waals surface area (Å²) in [4.78, 5) is 23.6. The average Bonchev–Trinajstić information content (AvgIpc) is 2.36. The van der Waals surface area contributed by atoms with Gasteiger partial charge in [0.1, 0.15) is 5.60 Å². The van der Waals surface area contributed by atoms with Crippen LogP contribution >= 0.6 is 0 Å². The van der Waals surface area contributed by atoms with Gasteiger partial charge < -0.3 is 9.84 Å². The van der Waals surface area contributed by atoms with Crippen LogP contribution in [0.15, 0.2) is 0 Å². The lowest BCUT2D eigenvalue weighted by atomic mass is 9.44. The largest absolute Gasteiger partial charge is 0.481 e. The molecule has 118 valence electrons. The van der Waals surface area contributed by atoms with Crippen molar-refractivity contribution in [1.29, 1.82) is 0 Å². The van der Waals surface area contributed by atoms with E-state index < -0.39 is 17.0 Å². The Morgan fingerprint density at radius 3 is 2.52 bits per heavy atom. The van der Waals surface area contributed by atoms with Gasteiger partial charge in [-0.05, 0) is 57.3 Å². The van der Waals surface area contributed by atoms with Crippen LogP contribution in [0.25, 0.3) is 0 Å². The monoisotopic (exact) mass is 294 g/mol. The Balaban J connectivity index is 1.99. The van der Waals surface area contributed by atoms with E-state index in [9.17, 15) is 14.7 Å². The number of ether oxygens (including phenoxy) is 1. The number of carboxylic acid groups (broad SMARTS) is 1. The molecule has 3 fully saturated rings. The minimum Gasteiger partial charge on any atom is -0.481 e. The van der Waals surface area contributed by atoms with Crippen molar-refractivity contribution >= 4 is 11.9 Å². The predicted molar refractivity (Wildman–Crippen MR) is 77.6 cm³/mol. The maximum absolute atomic E-state index is 11.9. The van der Waals surface area contributed by atoms with Gasteiger partial charge in [0, 0.05) is 12.3 Å². The first-order valence-corrected chi connectivity index (χ1v) is 8.18. The van der Waals surface area contributed by atoms with Crippen molar-refractivity contribution in [3.05, 3.63) is 0 Å². The number of carbonyl (C=O) groups is 2. The van der Waals surface area contributed by atoms with E-state index in [2.05, 4.69) is 13.8 Å². The Hall–Kier alpha value is -1.06. The Morgan fingerprint density at radius 1 is 1.14 bits per heavy atom. The van der Waals surface area contributed by atoms with Gasteiger partial charge in [-0.25, -0.2) is 0 Å². The van der Waals surface area contributed by atoms with E-state index in [-0.39, 0.29) is 17.3 Å². The molecule has 0 spiro atoms. The summed E-state index contributed by atoms with van der Waals surface area (Å²) in [5.41, 5.74) is -1.05. The van der Waals surface area contributed by atoms with Crippen LogP contribution in [0.2, 0.25) is 0 Å². The first-order valence-electron chi connectivity index (χ1n) is 8.18. The van der Waals surface area contributed by atoms with E-state index in [0.29, 0.717) is 12.3 Å². The smallest absolute Gasteiger partial charge is 0.309 e. The fourth-order valence-corrected chi connectivity index (χ4v) is 5.87. The van der Waals surface area contributed by atoms with Crippen LogP contribution in [0.5, 0.6) is 0 Å². The van der Waals surface area contributed by atoms with Gasteiger partial charge in [-0.15, -0.1) is 0 Å². The molecule has 0 bridgehead atoms. The number of carboxylic acids is 1. The fourth-order valence-electron chi connectivity index (χ4n) is 5.87. The maximum atomic E-state index is 11.9.